The van der Waals surface area contributed by atoms with Crippen LogP contribution in [0.1, 0.15) is 52.9 Å². The van der Waals surface area contributed by atoms with Crippen molar-refractivity contribution >= 4 is 0 Å². The first-order valence-electron chi connectivity index (χ1n) is 6.48. The van der Waals surface area contributed by atoms with Gasteiger partial charge in [-0.15, -0.1) is 0 Å². The number of rotatable bonds is 5. The van der Waals surface area contributed by atoms with Gasteiger partial charge in [0.25, 0.3) is 0 Å². The zero-order valence-electron chi connectivity index (χ0n) is 10.5. The molecule has 0 heterocycles. The second-order valence-corrected chi connectivity index (χ2v) is 5.55. The smallest absolute Gasteiger partial charge is 0.0431 e. The van der Waals surface area contributed by atoms with Crippen LogP contribution in [0.15, 0.2) is 0 Å². The van der Waals surface area contributed by atoms with Gasteiger partial charge in [-0.25, -0.2) is 0 Å². The SMILES string of the molecule is C[C@@H]1CC(N[C@@H](C)CCCO)C[C@H](C)C1. The van der Waals surface area contributed by atoms with Gasteiger partial charge in [0.2, 0.25) is 0 Å². The molecule has 4 atom stereocenters. The number of hydrogen-bond acceptors (Lipinski definition) is 2. The molecule has 0 amide bonds. The highest BCUT2D eigenvalue weighted by Crippen LogP contribution is 2.28. The van der Waals surface area contributed by atoms with Gasteiger partial charge in [0.15, 0.2) is 0 Å². The Hall–Kier alpha value is -0.0800. The van der Waals surface area contributed by atoms with Gasteiger partial charge in [-0.05, 0) is 50.9 Å². The molecule has 15 heavy (non-hydrogen) atoms. The molecule has 0 aromatic carbocycles. The fraction of sp³-hybridized carbons (Fsp3) is 1.00. The van der Waals surface area contributed by atoms with Gasteiger partial charge in [0, 0.05) is 18.7 Å². The Kier molecular flexibility index (Phi) is 5.62. The number of hydrogen-bond donors (Lipinski definition) is 2. The largest absolute Gasteiger partial charge is 0.396 e. The Labute approximate surface area is 94.5 Å². The third kappa shape index (κ3) is 4.98. The van der Waals surface area contributed by atoms with Crippen molar-refractivity contribution in [2.24, 2.45) is 11.8 Å². The summed E-state index contributed by atoms with van der Waals surface area (Å²) in [5, 5.41) is 12.5. The van der Waals surface area contributed by atoms with Crippen LogP contribution in [0.3, 0.4) is 0 Å². The molecule has 0 bridgehead atoms. The van der Waals surface area contributed by atoms with E-state index in [9.17, 15) is 0 Å². The molecule has 1 aliphatic rings. The quantitative estimate of drug-likeness (QED) is 0.735. The molecule has 90 valence electrons. The number of nitrogens with one attached hydrogen (secondary N) is 1. The highest BCUT2D eigenvalue weighted by molar-refractivity contribution is 4.81. The average molecular weight is 213 g/mol. The molecule has 0 aromatic heterocycles. The fourth-order valence-electron chi connectivity index (χ4n) is 2.97. The lowest BCUT2D eigenvalue weighted by molar-refractivity contribution is 0.219. The second kappa shape index (κ2) is 6.49. The van der Waals surface area contributed by atoms with E-state index in [2.05, 4.69) is 26.1 Å². The van der Waals surface area contributed by atoms with Gasteiger partial charge in [-0.1, -0.05) is 13.8 Å². The van der Waals surface area contributed by atoms with Crippen LogP contribution in [-0.2, 0) is 0 Å². The predicted molar refractivity (Wildman–Crippen MR) is 64.9 cm³/mol. The van der Waals surface area contributed by atoms with Gasteiger partial charge in [0.1, 0.15) is 0 Å². The number of aliphatic hydroxyl groups excluding tert-OH is 1. The summed E-state index contributed by atoms with van der Waals surface area (Å²) in [4.78, 5) is 0. The molecule has 0 aromatic rings. The van der Waals surface area contributed by atoms with E-state index in [1.807, 2.05) is 0 Å². The van der Waals surface area contributed by atoms with E-state index < -0.39 is 0 Å². The van der Waals surface area contributed by atoms with E-state index in [1.165, 1.54) is 19.3 Å². The van der Waals surface area contributed by atoms with Gasteiger partial charge in [-0.3, -0.25) is 0 Å². The number of aliphatic hydroxyl groups is 1. The van der Waals surface area contributed by atoms with E-state index in [0.29, 0.717) is 18.7 Å². The molecular weight excluding hydrogens is 186 g/mol. The minimum absolute atomic E-state index is 0.323. The van der Waals surface area contributed by atoms with Crippen molar-refractivity contribution < 1.29 is 5.11 Å². The van der Waals surface area contributed by atoms with E-state index in [1.54, 1.807) is 0 Å². The van der Waals surface area contributed by atoms with Gasteiger partial charge in [-0.2, -0.15) is 0 Å². The third-order valence-electron chi connectivity index (χ3n) is 3.49. The average Bonchev–Trinajstić information content (AvgIpc) is 2.13. The lowest BCUT2D eigenvalue weighted by Crippen LogP contribution is -2.41. The minimum atomic E-state index is 0.323. The Morgan fingerprint density at radius 2 is 1.80 bits per heavy atom. The molecule has 1 unspecified atom stereocenters. The normalized spacial score (nSPS) is 34.0. The Balaban J connectivity index is 2.24. The predicted octanol–water partition coefficient (Wildman–Crippen LogP) is 2.56. The summed E-state index contributed by atoms with van der Waals surface area (Å²) in [6.45, 7) is 7.29. The first-order valence-corrected chi connectivity index (χ1v) is 6.48. The summed E-state index contributed by atoms with van der Waals surface area (Å²) >= 11 is 0. The molecule has 2 heteroatoms. The molecule has 0 spiro atoms. The highest BCUT2D eigenvalue weighted by atomic mass is 16.2. The van der Waals surface area contributed by atoms with Gasteiger partial charge < -0.3 is 10.4 Å². The fourth-order valence-corrected chi connectivity index (χ4v) is 2.97. The van der Waals surface area contributed by atoms with E-state index in [4.69, 9.17) is 5.11 Å². The van der Waals surface area contributed by atoms with E-state index in [-0.39, 0.29) is 0 Å². The lowest BCUT2D eigenvalue weighted by Gasteiger charge is -2.34. The highest BCUT2D eigenvalue weighted by Gasteiger charge is 2.24. The van der Waals surface area contributed by atoms with Crippen LogP contribution >= 0.6 is 0 Å². The monoisotopic (exact) mass is 213 g/mol. The minimum Gasteiger partial charge on any atom is -0.396 e. The zero-order valence-corrected chi connectivity index (χ0v) is 10.5. The van der Waals surface area contributed by atoms with Crippen molar-refractivity contribution in [2.45, 2.75) is 65.0 Å². The van der Waals surface area contributed by atoms with Crippen LogP contribution in [0, 0.1) is 11.8 Å². The molecule has 0 aliphatic heterocycles. The summed E-state index contributed by atoms with van der Waals surface area (Å²) in [6, 6.07) is 1.26. The molecule has 2 N–H and O–H groups in total. The molecule has 0 saturated heterocycles. The first kappa shape index (κ1) is 13.0. The van der Waals surface area contributed by atoms with Crippen LogP contribution in [0.2, 0.25) is 0 Å². The summed E-state index contributed by atoms with van der Waals surface area (Å²) in [5.41, 5.74) is 0. The zero-order chi connectivity index (χ0) is 11.3. The molecular formula is C13H27NO. The molecule has 1 fully saturated rings. The maximum Gasteiger partial charge on any atom is 0.0431 e. The van der Waals surface area contributed by atoms with E-state index in [0.717, 1.165) is 24.7 Å². The maximum atomic E-state index is 8.78. The lowest BCUT2D eigenvalue weighted by atomic mass is 9.80. The van der Waals surface area contributed by atoms with Crippen LogP contribution in [0.25, 0.3) is 0 Å². The molecule has 1 aliphatic carbocycles. The molecule has 1 rings (SSSR count). The Bertz CT molecular complexity index is 162. The van der Waals surface area contributed by atoms with Gasteiger partial charge >= 0.3 is 0 Å². The van der Waals surface area contributed by atoms with Crippen molar-refractivity contribution in [3.8, 4) is 0 Å². The van der Waals surface area contributed by atoms with Crippen molar-refractivity contribution in [1.29, 1.82) is 0 Å². The van der Waals surface area contributed by atoms with Crippen molar-refractivity contribution in [1.82, 2.24) is 5.32 Å². The van der Waals surface area contributed by atoms with E-state index >= 15 is 0 Å². The van der Waals surface area contributed by atoms with Crippen LogP contribution in [0.5, 0.6) is 0 Å². The van der Waals surface area contributed by atoms with Crippen molar-refractivity contribution in [3.63, 3.8) is 0 Å². The Morgan fingerprint density at radius 1 is 1.20 bits per heavy atom. The summed E-state index contributed by atoms with van der Waals surface area (Å²) in [6.07, 6.45) is 6.06. The summed E-state index contributed by atoms with van der Waals surface area (Å²) < 4.78 is 0. The third-order valence-corrected chi connectivity index (χ3v) is 3.49. The summed E-state index contributed by atoms with van der Waals surface area (Å²) in [7, 11) is 0. The first-order chi connectivity index (χ1) is 7.11. The Morgan fingerprint density at radius 3 is 2.33 bits per heavy atom. The molecule has 2 nitrogen and oxygen atoms in total. The van der Waals surface area contributed by atoms with Crippen LogP contribution < -0.4 is 5.32 Å². The molecule has 0 radical (unpaired) electrons. The van der Waals surface area contributed by atoms with Crippen molar-refractivity contribution in [3.05, 3.63) is 0 Å². The molecule has 1 saturated carbocycles. The van der Waals surface area contributed by atoms with Crippen LogP contribution in [0.4, 0.5) is 0 Å². The standard InChI is InChI=1S/C13H27NO/c1-10-7-11(2)9-13(8-10)14-12(3)5-4-6-15/h10-15H,4-9H2,1-3H3/t10-,11+,12-,13?/m0/s1. The second-order valence-electron chi connectivity index (χ2n) is 5.55. The topological polar surface area (TPSA) is 32.3 Å². The summed E-state index contributed by atoms with van der Waals surface area (Å²) in [5.74, 6) is 1.74. The maximum absolute atomic E-state index is 8.78. The van der Waals surface area contributed by atoms with Gasteiger partial charge in [0.05, 0.1) is 0 Å². The van der Waals surface area contributed by atoms with Crippen molar-refractivity contribution in [2.75, 3.05) is 6.61 Å². The van der Waals surface area contributed by atoms with Crippen LogP contribution in [-0.4, -0.2) is 23.8 Å².